The van der Waals surface area contributed by atoms with Gasteiger partial charge in [-0.3, -0.25) is 14.9 Å². The monoisotopic (exact) mass is 499 g/mol. The standard InChI is InChI=1S/C28H29N5O4/c34-26(22-7-3-1-4-8-22)18-29-16-15-24-20-32(19-21-11-13-25(14-12-21)33(36)37)27(30-24)17-28(35)31-23-9-5-2-6-10-23/h1-14,20,26,29,34H,15-19H2,(H,31,35)/t26-/m0/s1. The molecule has 1 amide bonds. The summed E-state index contributed by atoms with van der Waals surface area (Å²) in [7, 11) is 0. The second kappa shape index (κ2) is 12.6. The first kappa shape index (κ1) is 25.7. The summed E-state index contributed by atoms with van der Waals surface area (Å²) in [4.78, 5) is 27.9. The largest absolute Gasteiger partial charge is 0.387 e. The SMILES string of the molecule is O=C(Cc1nc(CCNC[C@H](O)c2ccccc2)cn1Cc1ccc([N+](=O)[O-])cc1)Nc1ccccc1. The fourth-order valence-corrected chi connectivity index (χ4v) is 3.95. The van der Waals surface area contributed by atoms with Crippen LogP contribution in [0, 0.1) is 10.1 Å². The van der Waals surface area contributed by atoms with E-state index in [0.717, 1.165) is 16.8 Å². The van der Waals surface area contributed by atoms with Crippen molar-refractivity contribution in [2.45, 2.75) is 25.5 Å². The summed E-state index contributed by atoms with van der Waals surface area (Å²) in [6.07, 6.45) is 2.00. The third-order valence-corrected chi connectivity index (χ3v) is 5.87. The first-order valence-electron chi connectivity index (χ1n) is 12.0. The van der Waals surface area contributed by atoms with Crippen LogP contribution in [0.3, 0.4) is 0 Å². The minimum atomic E-state index is -0.599. The van der Waals surface area contributed by atoms with Gasteiger partial charge in [-0.1, -0.05) is 60.7 Å². The van der Waals surface area contributed by atoms with Crippen LogP contribution in [0.4, 0.5) is 11.4 Å². The average molecular weight is 500 g/mol. The van der Waals surface area contributed by atoms with Gasteiger partial charge in [-0.25, -0.2) is 4.98 Å². The fraction of sp³-hybridized carbons (Fsp3) is 0.214. The molecule has 0 aliphatic heterocycles. The molecule has 9 heteroatoms. The van der Waals surface area contributed by atoms with Gasteiger partial charge in [0.25, 0.3) is 5.69 Å². The van der Waals surface area contributed by atoms with Crippen LogP contribution in [-0.4, -0.2) is 38.6 Å². The molecule has 190 valence electrons. The van der Waals surface area contributed by atoms with Crippen molar-refractivity contribution in [1.29, 1.82) is 0 Å². The molecule has 0 aliphatic rings. The van der Waals surface area contributed by atoms with Crippen LogP contribution >= 0.6 is 0 Å². The predicted octanol–water partition coefficient (Wildman–Crippen LogP) is 3.89. The van der Waals surface area contributed by atoms with Crippen LogP contribution < -0.4 is 10.6 Å². The zero-order valence-electron chi connectivity index (χ0n) is 20.3. The molecular weight excluding hydrogens is 470 g/mol. The zero-order valence-corrected chi connectivity index (χ0v) is 20.3. The number of para-hydroxylation sites is 1. The van der Waals surface area contributed by atoms with Crippen molar-refractivity contribution in [2.24, 2.45) is 0 Å². The number of imidazole rings is 1. The zero-order chi connectivity index (χ0) is 26.0. The van der Waals surface area contributed by atoms with E-state index in [2.05, 4.69) is 10.6 Å². The number of carbonyl (C=O) groups excluding carboxylic acids is 1. The van der Waals surface area contributed by atoms with Gasteiger partial charge in [-0.15, -0.1) is 0 Å². The van der Waals surface area contributed by atoms with Gasteiger partial charge in [0.15, 0.2) is 0 Å². The molecule has 0 radical (unpaired) electrons. The Kier molecular flexibility index (Phi) is 8.75. The third kappa shape index (κ3) is 7.57. The van der Waals surface area contributed by atoms with E-state index in [4.69, 9.17) is 4.98 Å². The number of benzene rings is 3. The van der Waals surface area contributed by atoms with E-state index in [1.54, 1.807) is 12.1 Å². The molecule has 3 aromatic carbocycles. The molecule has 0 fully saturated rings. The van der Waals surface area contributed by atoms with E-state index < -0.39 is 11.0 Å². The minimum absolute atomic E-state index is 0.0290. The van der Waals surface area contributed by atoms with Gasteiger partial charge in [0, 0.05) is 50.1 Å². The molecule has 9 nitrogen and oxygen atoms in total. The molecular formula is C28H29N5O4. The number of nitro benzene ring substituents is 1. The number of aliphatic hydroxyl groups is 1. The summed E-state index contributed by atoms with van der Waals surface area (Å²) in [6, 6.07) is 25.1. The van der Waals surface area contributed by atoms with Crippen LogP contribution in [0.5, 0.6) is 0 Å². The summed E-state index contributed by atoms with van der Waals surface area (Å²) in [5.41, 5.74) is 3.27. The van der Waals surface area contributed by atoms with Crippen LogP contribution in [0.1, 0.15) is 28.7 Å². The highest BCUT2D eigenvalue weighted by molar-refractivity contribution is 5.91. The summed E-state index contributed by atoms with van der Waals surface area (Å²) >= 11 is 0. The lowest BCUT2D eigenvalue weighted by molar-refractivity contribution is -0.384. The molecule has 1 aromatic heterocycles. The van der Waals surface area contributed by atoms with Gasteiger partial charge >= 0.3 is 0 Å². The fourth-order valence-electron chi connectivity index (χ4n) is 3.95. The Balaban J connectivity index is 1.41. The molecule has 0 saturated carbocycles. The number of aliphatic hydroxyl groups excluding tert-OH is 1. The average Bonchev–Trinajstić information content (AvgIpc) is 3.28. The maximum absolute atomic E-state index is 12.7. The lowest BCUT2D eigenvalue weighted by atomic mass is 10.1. The van der Waals surface area contributed by atoms with Crippen LogP contribution in [-0.2, 0) is 24.2 Å². The van der Waals surface area contributed by atoms with Crippen LogP contribution in [0.15, 0.2) is 91.1 Å². The molecule has 0 spiro atoms. The Labute approximate surface area is 215 Å². The number of amides is 1. The predicted molar refractivity (Wildman–Crippen MR) is 141 cm³/mol. The van der Waals surface area contributed by atoms with Crippen molar-refractivity contribution in [3.8, 4) is 0 Å². The number of nitrogens with zero attached hydrogens (tertiary/aromatic N) is 3. The van der Waals surface area contributed by atoms with Crippen molar-refractivity contribution >= 4 is 17.3 Å². The normalized spacial score (nSPS) is 11.7. The Morgan fingerprint density at radius 1 is 1.00 bits per heavy atom. The number of aromatic nitrogens is 2. The van der Waals surface area contributed by atoms with Crippen molar-refractivity contribution < 1.29 is 14.8 Å². The molecule has 3 N–H and O–H groups in total. The topological polar surface area (TPSA) is 122 Å². The molecule has 37 heavy (non-hydrogen) atoms. The molecule has 1 heterocycles. The van der Waals surface area contributed by atoms with Gasteiger partial charge in [-0.05, 0) is 23.3 Å². The quantitative estimate of drug-likeness (QED) is 0.154. The molecule has 0 saturated heterocycles. The summed E-state index contributed by atoms with van der Waals surface area (Å²) < 4.78 is 1.90. The maximum Gasteiger partial charge on any atom is 0.269 e. The Morgan fingerprint density at radius 3 is 2.35 bits per heavy atom. The van der Waals surface area contributed by atoms with Crippen molar-refractivity contribution in [2.75, 3.05) is 18.4 Å². The molecule has 0 bridgehead atoms. The molecule has 0 aliphatic carbocycles. The number of hydrogen-bond acceptors (Lipinski definition) is 6. The van der Waals surface area contributed by atoms with Crippen molar-refractivity contribution in [1.82, 2.24) is 14.9 Å². The molecule has 0 unspecified atom stereocenters. The molecule has 4 rings (SSSR count). The molecule has 4 aromatic rings. The highest BCUT2D eigenvalue weighted by Gasteiger charge is 2.14. The second-order valence-corrected chi connectivity index (χ2v) is 8.67. The van der Waals surface area contributed by atoms with E-state index in [9.17, 15) is 20.0 Å². The van der Waals surface area contributed by atoms with E-state index in [1.807, 2.05) is 71.4 Å². The van der Waals surface area contributed by atoms with E-state index in [-0.39, 0.29) is 18.0 Å². The lowest BCUT2D eigenvalue weighted by Crippen LogP contribution is -2.23. The first-order chi connectivity index (χ1) is 18.0. The Morgan fingerprint density at radius 2 is 1.68 bits per heavy atom. The van der Waals surface area contributed by atoms with Crippen LogP contribution in [0.25, 0.3) is 0 Å². The van der Waals surface area contributed by atoms with Crippen LogP contribution in [0.2, 0.25) is 0 Å². The van der Waals surface area contributed by atoms with E-state index in [0.29, 0.717) is 37.6 Å². The van der Waals surface area contributed by atoms with Gasteiger partial charge in [0.2, 0.25) is 5.91 Å². The number of carbonyl (C=O) groups is 1. The minimum Gasteiger partial charge on any atom is -0.387 e. The summed E-state index contributed by atoms with van der Waals surface area (Å²) in [5.74, 6) is 0.420. The number of rotatable bonds is 12. The number of anilines is 1. The first-order valence-corrected chi connectivity index (χ1v) is 12.0. The highest BCUT2D eigenvalue weighted by atomic mass is 16.6. The second-order valence-electron chi connectivity index (χ2n) is 8.67. The van der Waals surface area contributed by atoms with E-state index >= 15 is 0 Å². The van der Waals surface area contributed by atoms with Gasteiger partial charge in [0.1, 0.15) is 5.82 Å². The van der Waals surface area contributed by atoms with E-state index in [1.165, 1.54) is 12.1 Å². The number of non-ortho nitro benzene ring substituents is 1. The van der Waals surface area contributed by atoms with Gasteiger partial charge < -0.3 is 20.3 Å². The number of nitro groups is 1. The summed E-state index contributed by atoms with van der Waals surface area (Å²) in [6.45, 7) is 1.45. The highest BCUT2D eigenvalue weighted by Crippen LogP contribution is 2.16. The number of nitrogens with one attached hydrogen (secondary N) is 2. The molecule has 1 atom stereocenters. The van der Waals surface area contributed by atoms with Crippen molar-refractivity contribution in [3.05, 3.63) is 124 Å². The van der Waals surface area contributed by atoms with Gasteiger partial charge in [0.05, 0.1) is 23.1 Å². The Bertz CT molecular complexity index is 1310. The van der Waals surface area contributed by atoms with Crippen molar-refractivity contribution in [3.63, 3.8) is 0 Å². The Hall–Kier alpha value is -4.34. The summed E-state index contributed by atoms with van der Waals surface area (Å²) in [5, 5.41) is 27.4. The maximum atomic E-state index is 12.7. The smallest absolute Gasteiger partial charge is 0.269 e. The number of hydrogen-bond donors (Lipinski definition) is 3. The third-order valence-electron chi connectivity index (χ3n) is 5.87. The van der Waals surface area contributed by atoms with Gasteiger partial charge in [-0.2, -0.15) is 0 Å². The lowest BCUT2D eigenvalue weighted by Gasteiger charge is -2.11.